The number of hydrogen-bond donors (Lipinski definition) is 3. The van der Waals surface area contributed by atoms with E-state index in [2.05, 4.69) is 38.7 Å². The SMILES string of the molecule is C=C1/C(=C\C=C2/CCC[C@]3(C)[C@@H]([C@H](C)/C=C/[C@H](O)C4(C(=O)c5ccco5)CC4)CC[C@@H]23)C[C@@H](O)C[C@@H]1O. The van der Waals surface area contributed by atoms with Gasteiger partial charge in [0.25, 0.3) is 0 Å². The third kappa shape index (κ3) is 4.86. The maximum absolute atomic E-state index is 12.9. The Kier molecular flexibility index (Phi) is 7.25. The Morgan fingerprint density at radius 2 is 1.97 bits per heavy atom. The molecule has 0 unspecified atom stereocenters. The van der Waals surface area contributed by atoms with Gasteiger partial charge in [-0.2, -0.15) is 0 Å². The molecule has 0 bridgehead atoms. The van der Waals surface area contributed by atoms with Crippen molar-refractivity contribution in [1.82, 2.24) is 0 Å². The van der Waals surface area contributed by atoms with Crippen molar-refractivity contribution in [3.8, 4) is 0 Å². The maximum atomic E-state index is 12.9. The lowest BCUT2D eigenvalue weighted by Crippen LogP contribution is -2.35. The third-order valence-electron chi connectivity index (χ3n) is 10.1. The Balaban J connectivity index is 1.28. The molecule has 4 aliphatic carbocycles. The summed E-state index contributed by atoms with van der Waals surface area (Å²) in [5, 5.41) is 31.3. The number of aliphatic hydroxyl groups excluding tert-OH is 3. The van der Waals surface area contributed by atoms with Crippen molar-refractivity contribution in [2.45, 2.75) is 89.9 Å². The van der Waals surface area contributed by atoms with E-state index >= 15 is 0 Å². The molecule has 4 aliphatic rings. The highest BCUT2D eigenvalue weighted by Crippen LogP contribution is 2.60. The summed E-state index contributed by atoms with van der Waals surface area (Å²) >= 11 is 0. The normalized spacial score (nSPS) is 37.2. The average molecular weight is 507 g/mol. The lowest BCUT2D eigenvalue weighted by Gasteiger charge is -2.44. The minimum Gasteiger partial charge on any atom is -0.461 e. The summed E-state index contributed by atoms with van der Waals surface area (Å²) in [6, 6.07) is 3.39. The number of ketones is 1. The minimum absolute atomic E-state index is 0.0907. The molecular formula is C32H42O5. The predicted octanol–water partition coefficient (Wildman–Crippen LogP) is 5.94. The van der Waals surface area contributed by atoms with Crippen LogP contribution in [0.4, 0.5) is 0 Å². The first-order valence-corrected chi connectivity index (χ1v) is 14.1. The summed E-state index contributed by atoms with van der Waals surface area (Å²) in [4.78, 5) is 12.9. The number of rotatable bonds is 7. The van der Waals surface area contributed by atoms with E-state index in [0.29, 0.717) is 49.2 Å². The Morgan fingerprint density at radius 3 is 2.68 bits per heavy atom. The van der Waals surface area contributed by atoms with E-state index in [-0.39, 0.29) is 11.2 Å². The van der Waals surface area contributed by atoms with Gasteiger partial charge in [0, 0.05) is 6.42 Å². The minimum atomic E-state index is -0.791. The van der Waals surface area contributed by atoms with Crippen LogP contribution in [0.25, 0.3) is 0 Å². The number of hydrogen-bond acceptors (Lipinski definition) is 5. The molecule has 0 aromatic carbocycles. The van der Waals surface area contributed by atoms with Crippen LogP contribution >= 0.6 is 0 Å². The molecule has 1 aromatic rings. The number of allylic oxidation sites excluding steroid dienone is 4. The van der Waals surface area contributed by atoms with Crippen molar-refractivity contribution >= 4 is 5.78 Å². The molecule has 0 aliphatic heterocycles. The van der Waals surface area contributed by atoms with Crippen LogP contribution in [-0.2, 0) is 0 Å². The van der Waals surface area contributed by atoms with Gasteiger partial charge in [-0.3, -0.25) is 4.79 Å². The van der Waals surface area contributed by atoms with Gasteiger partial charge in [-0.15, -0.1) is 0 Å². The molecule has 0 radical (unpaired) electrons. The van der Waals surface area contributed by atoms with Crippen molar-refractivity contribution in [3.05, 3.63) is 71.8 Å². The molecule has 4 fully saturated rings. The second kappa shape index (κ2) is 10.2. The van der Waals surface area contributed by atoms with E-state index in [1.54, 1.807) is 12.1 Å². The van der Waals surface area contributed by atoms with Crippen LogP contribution in [0.1, 0.15) is 82.2 Å². The molecule has 1 heterocycles. The highest BCUT2D eigenvalue weighted by molar-refractivity contribution is 6.00. The average Bonchev–Trinajstić information content (AvgIpc) is 3.33. The summed E-state index contributed by atoms with van der Waals surface area (Å²) < 4.78 is 5.31. The van der Waals surface area contributed by atoms with Gasteiger partial charge in [0.15, 0.2) is 5.76 Å². The molecule has 5 heteroatoms. The summed E-state index contributed by atoms with van der Waals surface area (Å²) in [5.74, 6) is 1.58. The summed E-state index contributed by atoms with van der Waals surface area (Å²) in [7, 11) is 0. The Labute approximate surface area is 220 Å². The second-order valence-electron chi connectivity index (χ2n) is 12.3. The molecule has 4 saturated carbocycles. The molecule has 5 nitrogen and oxygen atoms in total. The molecule has 0 spiro atoms. The Bertz CT molecular complexity index is 1100. The first-order valence-electron chi connectivity index (χ1n) is 14.1. The highest BCUT2D eigenvalue weighted by atomic mass is 16.3. The molecule has 7 atom stereocenters. The van der Waals surface area contributed by atoms with Crippen molar-refractivity contribution in [1.29, 1.82) is 0 Å². The zero-order valence-corrected chi connectivity index (χ0v) is 22.2. The van der Waals surface area contributed by atoms with E-state index in [4.69, 9.17) is 4.42 Å². The molecule has 0 saturated heterocycles. The Morgan fingerprint density at radius 1 is 1.19 bits per heavy atom. The molecule has 1 aromatic heterocycles. The van der Waals surface area contributed by atoms with Crippen molar-refractivity contribution < 1.29 is 24.5 Å². The summed E-state index contributed by atoms with van der Waals surface area (Å²) in [6.45, 7) is 8.75. The largest absolute Gasteiger partial charge is 0.461 e. The number of carbonyl (C=O) groups is 1. The fraction of sp³-hybridized carbons (Fsp3) is 0.594. The zero-order chi connectivity index (χ0) is 26.4. The standard InChI is InChI=1S/C32H42O5/c1-20(8-13-29(35)32(15-16-32)30(36)28-7-5-17-37-28)25-11-12-26-22(6-4-14-31(25,26)3)9-10-23-18-24(33)19-27(34)21(23)2/h5,7-10,13,17,20,24-27,29,33-35H,2,4,6,11-12,14-16,18-19H2,1,3H3/b13-8+,22-9+,23-10-/t20-,24-,25-,26+,27+,29+,31-/m1/s1. The van der Waals surface area contributed by atoms with Crippen molar-refractivity contribution in [2.75, 3.05) is 0 Å². The van der Waals surface area contributed by atoms with Crippen LogP contribution in [0.2, 0.25) is 0 Å². The Hall–Kier alpha value is -2.21. The van der Waals surface area contributed by atoms with Crippen LogP contribution in [0.5, 0.6) is 0 Å². The van der Waals surface area contributed by atoms with Gasteiger partial charge in [0.1, 0.15) is 0 Å². The topological polar surface area (TPSA) is 90.9 Å². The smallest absolute Gasteiger partial charge is 0.207 e. The van der Waals surface area contributed by atoms with Gasteiger partial charge in [0.05, 0.1) is 30.0 Å². The number of fused-ring (bicyclic) bond motifs is 1. The number of Topliss-reactive ketones (excluding diaryl/α,β-unsaturated/α-hetero) is 1. The highest BCUT2D eigenvalue weighted by Gasteiger charge is 2.56. The van der Waals surface area contributed by atoms with E-state index in [9.17, 15) is 20.1 Å². The van der Waals surface area contributed by atoms with E-state index < -0.39 is 23.7 Å². The first-order chi connectivity index (χ1) is 17.7. The quantitative estimate of drug-likeness (QED) is 0.315. The van der Waals surface area contributed by atoms with Gasteiger partial charge < -0.3 is 19.7 Å². The second-order valence-corrected chi connectivity index (χ2v) is 12.3. The zero-order valence-electron chi connectivity index (χ0n) is 22.2. The molecule has 3 N–H and O–H groups in total. The number of carbonyl (C=O) groups excluding carboxylic acids is 1. The molecular weight excluding hydrogens is 464 g/mol. The molecule has 5 rings (SSSR count). The van der Waals surface area contributed by atoms with Crippen molar-refractivity contribution in [3.63, 3.8) is 0 Å². The van der Waals surface area contributed by atoms with E-state index in [1.807, 2.05) is 6.08 Å². The lowest BCUT2D eigenvalue weighted by molar-refractivity contribution is 0.0697. The van der Waals surface area contributed by atoms with Gasteiger partial charge >= 0.3 is 0 Å². The van der Waals surface area contributed by atoms with Crippen LogP contribution in [0, 0.1) is 28.6 Å². The van der Waals surface area contributed by atoms with E-state index in [1.165, 1.54) is 18.3 Å². The first kappa shape index (κ1) is 26.4. The van der Waals surface area contributed by atoms with Crippen LogP contribution in [0.15, 0.2) is 70.4 Å². The van der Waals surface area contributed by atoms with Crippen LogP contribution in [-0.4, -0.2) is 39.4 Å². The molecule has 200 valence electrons. The molecule has 0 amide bonds. The number of aliphatic hydroxyl groups is 3. The third-order valence-corrected chi connectivity index (χ3v) is 10.1. The lowest BCUT2D eigenvalue weighted by atomic mass is 9.61. The van der Waals surface area contributed by atoms with Gasteiger partial charge in [0.2, 0.25) is 5.78 Å². The molecule has 37 heavy (non-hydrogen) atoms. The van der Waals surface area contributed by atoms with Gasteiger partial charge in [-0.25, -0.2) is 0 Å². The number of furan rings is 1. The van der Waals surface area contributed by atoms with Gasteiger partial charge in [-0.1, -0.05) is 50.3 Å². The van der Waals surface area contributed by atoms with Crippen LogP contribution < -0.4 is 0 Å². The van der Waals surface area contributed by atoms with Crippen LogP contribution in [0.3, 0.4) is 0 Å². The maximum Gasteiger partial charge on any atom is 0.207 e. The van der Waals surface area contributed by atoms with E-state index in [0.717, 1.165) is 36.8 Å². The summed E-state index contributed by atoms with van der Waals surface area (Å²) in [6.07, 6.45) is 16.0. The predicted molar refractivity (Wildman–Crippen MR) is 144 cm³/mol. The fourth-order valence-electron chi connectivity index (χ4n) is 7.65. The van der Waals surface area contributed by atoms with Gasteiger partial charge in [-0.05, 0) is 97.8 Å². The summed E-state index contributed by atoms with van der Waals surface area (Å²) in [5.41, 5.74) is 2.64. The van der Waals surface area contributed by atoms with Crippen molar-refractivity contribution in [2.24, 2.45) is 28.6 Å². The monoisotopic (exact) mass is 506 g/mol. The fourth-order valence-corrected chi connectivity index (χ4v) is 7.65.